The van der Waals surface area contributed by atoms with E-state index in [1.807, 2.05) is 13.8 Å². The number of hydrogen-bond donors (Lipinski definition) is 1. The maximum absolute atomic E-state index is 13.4. The topological polar surface area (TPSA) is 89.8 Å². The molecule has 0 saturated heterocycles. The number of nitrogens with zero attached hydrogens (tertiary/aromatic N) is 4. The summed E-state index contributed by atoms with van der Waals surface area (Å²) < 4.78 is 14.8. The molecule has 0 aliphatic rings. The molecule has 0 aliphatic heterocycles. The summed E-state index contributed by atoms with van der Waals surface area (Å²) in [5.74, 6) is -0.167. The van der Waals surface area contributed by atoms with Gasteiger partial charge in [0.15, 0.2) is 5.78 Å². The average molecular weight is 413 g/mol. The molecule has 0 radical (unpaired) electrons. The van der Waals surface area contributed by atoms with Crippen LogP contribution in [0.2, 0.25) is 0 Å². The van der Waals surface area contributed by atoms with Crippen LogP contribution in [0.25, 0.3) is 5.69 Å². The van der Waals surface area contributed by atoms with Crippen LogP contribution in [0.5, 0.6) is 0 Å². The van der Waals surface area contributed by atoms with Gasteiger partial charge in [0.25, 0.3) is 0 Å². The van der Waals surface area contributed by atoms with Crippen molar-refractivity contribution in [1.82, 2.24) is 20.2 Å². The van der Waals surface area contributed by atoms with Crippen molar-refractivity contribution in [3.8, 4) is 5.69 Å². The summed E-state index contributed by atoms with van der Waals surface area (Å²) in [5, 5.41) is 14.6. The van der Waals surface area contributed by atoms with E-state index in [1.165, 1.54) is 16.8 Å². The number of nitrogens with one attached hydrogen (secondary N) is 1. The molecule has 7 nitrogen and oxygen atoms in total. The van der Waals surface area contributed by atoms with Gasteiger partial charge >= 0.3 is 0 Å². The number of amides is 1. The van der Waals surface area contributed by atoms with E-state index in [0.29, 0.717) is 28.5 Å². The number of carbonyl (C=O) groups excluding carboxylic acids is 2. The number of tetrazole rings is 1. The lowest BCUT2D eigenvalue weighted by molar-refractivity contribution is -0.116. The number of thioether (sulfide) groups is 1. The van der Waals surface area contributed by atoms with Gasteiger partial charge in [-0.05, 0) is 58.8 Å². The highest BCUT2D eigenvalue weighted by Crippen LogP contribution is 2.20. The van der Waals surface area contributed by atoms with Gasteiger partial charge in [-0.2, -0.15) is 4.68 Å². The second kappa shape index (κ2) is 9.42. The highest BCUT2D eigenvalue weighted by molar-refractivity contribution is 7.99. The van der Waals surface area contributed by atoms with Crippen molar-refractivity contribution in [2.24, 2.45) is 5.92 Å². The number of hydrogen-bond acceptors (Lipinski definition) is 6. The monoisotopic (exact) mass is 413 g/mol. The minimum absolute atomic E-state index is 0.0567. The van der Waals surface area contributed by atoms with E-state index in [2.05, 4.69) is 20.8 Å². The Bertz CT molecular complexity index is 1000. The summed E-state index contributed by atoms with van der Waals surface area (Å²) in [6, 6.07) is 12.6. The number of carbonyl (C=O) groups is 2. The largest absolute Gasteiger partial charge is 0.326 e. The third-order valence-electron chi connectivity index (χ3n) is 3.91. The number of halogens is 1. The maximum atomic E-state index is 13.4. The van der Waals surface area contributed by atoms with Crippen molar-refractivity contribution in [2.45, 2.75) is 25.4 Å². The van der Waals surface area contributed by atoms with E-state index >= 15 is 0 Å². The standard InChI is InChI=1S/C20H20FN5O2S/c1-13(2)10-19(28)22-16-8-6-14(7-9-16)18(27)12-29-20-23-24-25-26(20)17-5-3-4-15(21)11-17/h3-9,11,13H,10,12H2,1-2H3,(H,22,28). The molecule has 1 amide bonds. The van der Waals surface area contributed by atoms with E-state index in [9.17, 15) is 14.0 Å². The number of ketones is 1. The van der Waals surface area contributed by atoms with Gasteiger partial charge in [0, 0.05) is 17.7 Å². The molecule has 29 heavy (non-hydrogen) atoms. The van der Waals surface area contributed by atoms with Crippen LogP contribution in [0.4, 0.5) is 10.1 Å². The molecule has 0 spiro atoms. The summed E-state index contributed by atoms with van der Waals surface area (Å²) in [5.41, 5.74) is 1.64. The van der Waals surface area contributed by atoms with Gasteiger partial charge < -0.3 is 5.32 Å². The summed E-state index contributed by atoms with van der Waals surface area (Å²) in [4.78, 5) is 24.3. The number of aromatic nitrogens is 4. The Kier molecular flexibility index (Phi) is 6.71. The second-order valence-corrected chi connectivity index (χ2v) is 7.73. The fourth-order valence-corrected chi connectivity index (χ4v) is 3.36. The molecule has 2 aromatic carbocycles. The van der Waals surface area contributed by atoms with Crippen molar-refractivity contribution in [2.75, 3.05) is 11.1 Å². The first kappa shape index (κ1) is 20.7. The predicted octanol–water partition coefficient (Wildman–Crippen LogP) is 3.76. The number of anilines is 1. The van der Waals surface area contributed by atoms with Gasteiger partial charge in [-0.25, -0.2) is 4.39 Å². The minimum Gasteiger partial charge on any atom is -0.326 e. The quantitative estimate of drug-likeness (QED) is 0.447. The SMILES string of the molecule is CC(C)CC(=O)Nc1ccc(C(=O)CSc2nnnn2-c2cccc(F)c2)cc1. The predicted molar refractivity (Wildman–Crippen MR) is 109 cm³/mol. The van der Waals surface area contributed by atoms with E-state index in [1.54, 1.807) is 36.4 Å². The Morgan fingerprint density at radius 3 is 2.62 bits per heavy atom. The highest BCUT2D eigenvalue weighted by atomic mass is 32.2. The van der Waals surface area contributed by atoms with Crippen LogP contribution in [0.1, 0.15) is 30.6 Å². The molecule has 0 unspecified atom stereocenters. The molecule has 1 aromatic heterocycles. The first-order valence-corrected chi connectivity index (χ1v) is 10.0. The fraction of sp³-hybridized carbons (Fsp3) is 0.250. The van der Waals surface area contributed by atoms with Crippen LogP contribution >= 0.6 is 11.8 Å². The van der Waals surface area contributed by atoms with Crippen LogP contribution in [-0.4, -0.2) is 37.7 Å². The molecule has 0 fully saturated rings. The highest BCUT2D eigenvalue weighted by Gasteiger charge is 2.14. The Morgan fingerprint density at radius 1 is 1.17 bits per heavy atom. The normalized spacial score (nSPS) is 10.9. The Morgan fingerprint density at radius 2 is 1.93 bits per heavy atom. The maximum Gasteiger partial charge on any atom is 0.224 e. The Balaban J connectivity index is 1.60. The molecule has 0 bridgehead atoms. The Labute approximate surface area is 171 Å². The molecular formula is C20H20FN5O2S. The molecule has 3 rings (SSSR count). The smallest absolute Gasteiger partial charge is 0.224 e. The van der Waals surface area contributed by atoms with Crippen molar-refractivity contribution in [3.05, 3.63) is 59.9 Å². The third kappa shape index (κ3) is 5.71. The van der Waals surface area contributed by atoms with Crippen LogP contribution in [0.3, 0.4) is 0 Å². The zero-order valence-corrected chi connectivity index (χ0v) is 16.8. The lowest BCUT2D eigenvalue weighted by Crippen LogP contribution is -2.14. The van der Waals surface area contributed by atoms with Crippen molar-refractivity contribution >= 4 is 29.1 Å². The van der Waals surface area contributed by atoms with Gasteiger partial charge in [-0.3, -0.25) is 9.59 Å². The van der Waals surface area contributed by atoms with Gasteiger partial charge in [0.2, 0.25) is 11.1 Å². The average Bonchev–Trinajstić information content (AvgIpc) is 3.14. The summed E-state index contributed by atoms with van der Waals surface area (Å²) >= 11 is 1.16. The lowest BCUT2D eigenvalue weighted by Gasteiger charge is -2.08. The molecule has 9 heteroatoms. The number of benzene rings is 2. The first-order valence-electron chi connectivity index (χ1n) is 9.02. The van der Waals surface area contributed by atoms with Gasteiger partial charge in [0.1, 0.15) is 5.82 Å². The number of Topliss-reactive ketones (excluding diaryl/α,β-unsaturated/α-hetero) is 1. The van der Waals surface area contributed by atoms with Crippen molar-refractivity contribution < 1.29 is 14.0 Å². The molecule has 150 valence electrons. The van der Waals surface area contributed by atoms with Crippen LogP contribution in [-0.2, 0) is 4.79 Å². The molecule has 0 saturated carbocycles. The lowest BCUT2D eigenvalue weighted by atomic mass is 10.1. The van der Waals surface area contributed by atoms with Gasteiger partial charge in [-0.1, -0.05) is 31.7 Å². The van der Waals surface area contributed by atoms with Crippen LogP contribution in [0, 0.1) is 11.7 Å². The van der Waals surface area contributed by atoms with Gasteiger partial charge in [-0.15, -0.1) is 5.10 Å². The molecule has 0 aliphatic carbocycles. The van der Waals surface area contributed by atoms with Crippen molar-refractivity contribution in [1.29, 1.82) is 0 Å². The third-order valence-corrected chi connectivity index (χ3v) is 4.83. The first-order chi connectivity index (χ1) is 13.9. The molecule has 1 N–H and O–H groups in total. The van der Waals surface area contributed by atoms with Crippen LogP contribution < -0.4 is 5.32 Å². The molecular weight excluding hydrogens is 393 g/mol. The fourth-order valence-electron chi connectivity index (χ4n) is 2.57. The van der Waals surface area contributed by atoms with E-state index in [-0.39, 0.29) is 23.4 Å². The summed E-state index contributed by atoms with van der Waals surface area (Å²) in [7, 11) is 0. The van der Waals surface area contributed by atoms with E-state index in [4.69, 9.17) is 0 Å². The second-order valence-electron chi connectivity index (χ2n) is 6.79. The summed E-state index contributed by atoms with van der Waals surface area (Å²) in [6.45, 7) is 3.95. The van der Waals surface area contributed by atoms with Crippen LogP contribution in [0.15, 0.2) is 53.7 Å². The molecule has 0 atom stereocenters. The minimum atomic E-state index is -0.398. The zero-order chi connectivity index (χ0) is 20.8. The zero-order valence-electron chi connectivity index (χ0n) is 16.0. The van der Waals surface area contributed by atoms with E-state index < -0.39 is 5.82 Å². The summed E-state index contributed by atoms with van der Waals surface area (Å²) in [6.07, 6.45) is 0.442. The van der Waals surface area contributed by atoms with Gasteiger partial charge in [0.05, 0.1) is 11.4 Å². The number of rotatable bonds is 8. The molecule has 1 heterocycles. The Hall–Kier alpha value is -3.07. The van der Waals surface area contributed by atoms with Crippen molar-refractivity contribution in [3.63, 3.8) is 0 Å². The van der Waals surface area contributed by atoms with E-state index in [0.717, 1.165) is 11.8 Å². The molecule has 3 aromatic rings.